The van der Waals surface area contributed by atoms with Gasteiger partial charge in [-0.05, 0) is 233 Å². The fraction of sp³-hybridized carbons (Fsp3) is 0.471. The Hall–Kier alpha value is -11.1. The van der Waals surface area contributed by atoms with Gasteiger partial charge >= 0.3 is 23.7 Å². The topological polar surface area (TPSA) is 322 Å². The number of imidazole rings is 2. The van der Waals surface area contributed by atoms with Gasteiger partial charge in [0, 0.05) is 110 Å². The van der Waals surface area contributed by atoms with E-state index in [-0.39, 0.29) is 102 Å². The highest BCUT2D eigenvalue weighted by molar-refractivity contribution is 6.06. The number of aromatic nitrogens is 10. The lowest BCUT2D eigenvalue weighted by molar-refractivity contribution is -0.142. The third kappa shape index (κ3) is 17.8. The molecular weight excluding hydrogens is 1540 g/mol. The van der Waals surface area contributed by atoms with E-state index < -0.39 is 82.0 Å². The van der Waals surface area contributed by atoms with Crippen molar-refractivity contribution in [1.29, 1.82) is 0 Å². The van der Waals surface area contributed by atoms with Crippen LogP contribution < -0.4 is 38.0 Å². The number of carbonyl (C=O) groups excluding carboxylic acids is 6. The summed E-state index contributed by atoms with van der Waals surface area (Å²) in [4.78, 5) is 115. The lowest BCUT2D eigenvalue weighted by atomic mass is 9.79. The molecule has 119 heavy (non-hydrogen) atoms. The Labute approximate surface area is 680 Å². The summed E-state index contributed by atoms with van der Waals surface area (Å²) in [5, 5.41) is 48.6. The molecular formula is C87H96F6N16O10. The van der Waals surface area contributed by atoms with Gasteiger partial charge in [-0.3, -0.25) is 71.9 Å². The zero-order chi connectivity index (χ0) is 84.3. The molecule has 5 aliphatic rings. The molecule has 8 heterocycles. The molecule has 10 aromatic rings. The second kappa shape index (κ2) is 33.2. The summed E-state index contributed by atoms with van der Waals surface area (Å²) in [6.07, 6.45) is 7.05. The molecule has 26 nitrogen and oxygen atoms in total. The third-order valence-electron chi connectivity index (χ3n) is 24.8. The molecule has 6 aromatic heterocycles. The van der Waals surface area contributed by atoms with Crippen LogP contribution in [0.3, 0.4) is 0 Å². The minimum absolute atomic E-state index is 0.00360. The lowest BCUT2D eigenvalue weighted by Gasteiger charge is -2.44. The molecule has 5 fully saturated rings. The SMILES string of the molecule is Cn1c(=O)n(C2CCC(=O)NC2=O)c2ccc(C#CCCCNC(CN(C[C@H]3CC[C@H](n4cc5cc(NC(=O)c6cccc(C(F)(F)F)n6)c(C(C)(C)O)cc5n4)CC3)[C@H]3CC[C@H](Cc4cccc5c4n(C)c(=O)n5C4CCC(=O)NC4=O)CC3)[C@H]3CC[C@H](n4cc5cc(NC(=O)c6cccc(C(F)(F)F)n6)c(C(C)(C)O)cc5n4)CC3)cc21. The van der Waals surface area contributed by atoms with Crippen LogP contribution in [0.1, 0.15) is 222 Å². The highest BCUT2D eigenvalue weighted by atomic mass is 19.4. The standard InChI is InChI=1S/C87H96F6N16O10/c1-84(2,118)59-43-63-54(41-65(59)97-78(112)61-15-11-18-73(95-61)86(88,89)90)46-106(101-63)57-29-22-51(23-30-57)45-105(56-27-20-50(21-28-56)39-53-14-10-17-69-77(53)104(6)83(117)109(69)71-35-37-76(111)100-81(71)115)48-67(94-38-9-7-8-13-49-24-33-68-72(40-49)103(5)82(116)108(68)70-34-36-75(110)99-80(70)114)52-25-31-58(32-26-52)107-47-55-42-66(60(85(3,4)119)44-64(55)102-107)98-79(113)62-16-12-19-74(96-62)87(91,92)93/h10-12,14-19,24,33,40-44,46-47,50-52,56-58,67,70-71,94,118-119H,7,9,20-23,25-32,34-39,45,48H2,1-6H3,(H,97,112)(H,98,113)(H,99,110,114)(H,100,111,115)/t50-,51-,52-,56-,57-,58-,67?,70?,71?. The number of fused-ring (bicyclic) bond motifs is 4. The van der Waals surface area contributed by atoms with Gasteiger partial charge in [-0.1, -0.05) is 36.1 Å². The molecule has 3 aliphatic carbocycles. The minimum atomic E-state index is -4.78. The average Bonchev–Trinajstić information content (AvgIpc) is 1.61. The quantitative estimate of drug-likeness (QED) is 0.0143. The van der Waals surface area contributed by atoms with Crippen LogP contribution in [-0.2, 0) is 63.2 Å². The maximum Gasteiger partial charge on any atom is 0.433 e. The fourth-order valence-electron chi connectivity index (χ4n) is 18.5. The first-order valence-corrected chi connectivity index (χ1v) is 40.8. The number of anilines is 2. The molecule has 32 heteroatoms. The minimum Gasteiger partial charge on any atom is -0.386 e. The number of aliphatic hydroxyl groups is 2. The predicted octanol–water partition coefficient (Wildman–Crippen LogP) is 12.5. The number of para-hydroxylation sites is 1. The van der Waals surface area contributed by atoms with Crippen LogP contribution in [-0.4, -0.2) is 130 Å². The van der Waals surface area contributed by atoms with Crippen LogP contribution in [0.4, 0.5) is 37.7 Å². The number of nitrogens with one attached hydrogen (secondary N) is 5. The van der Waals surface area contributed by atoms with Gasteiger partial charge in [-0.15, -0.1) is 0 Å². The van der Waals surface area contributed by atoms with Crippen molar-refractivity contribution in [2.75, 3.05) is 30.3 Å². The zero-order valence-corrected chi connectivity index (χ0v) is 67.0. The number of piperidine rings is 2. The molecule has 7 N–H and O–H groups in total. The van der Waals surface area contributed by atoms with Crippen molar-refractivity contribution >= 4 is 90.7 Å². The van der Waals surface area contributed by atoms with E-state index in [9.17, 15) is 74.9 Å². The summed E-state index contributed by atoms with van der Waals surface area (Å²) in [6.45, 7) is 8.38. The van der Waals surface area contributed by atoms with Crippen LogP contribution in [0.2, 0.25) is 0 Å². The van der Waals surface area contributed by atoms with E-state index in [4.69, 9.17) is 10.2 Å². The highest BCUT2D eigenvalue weighted by Crippen LogP contribution is 2.43. The lowest BCUT2D eigenvalue weighted by Crippen LogP contribution is -2.52. The normalized spacial score (nSPS) is 21.4. The van der Waals surface area contributed by atoms with Crippen molar-refractivity contribution in [2.24, 2.45) is 31.8 Å². The van der Waals surface area contributed by atoms with Gasteiger partial charge in [0.25, 0.3) is 11.8 Å². The second-order valence-electron chi connectivity index (χ2n) is 33.9. The Morgan fingerprint density at radius 1 is 0.580 bits per heavy atom. The average molecular weight is 1640 g/mol. The van der Waals surface area contributed by atoms with Gasteiger partial charge in [0.15, 0.2) is 0 Å². The molecule has 15 rings (SSSR count). The maximum absolute atomic E-state index is 14.1. The first-order valence-electron chi connectivity index (χ1n) is 40.8. The van der Waals surface area contributed by atoms with Gasteiger partial charge in [0.2, 0.25) is 23.6 Å². The summed E-state index contributed by atoms with van der Waals surface area (Å²) in [6, 6.07) is 22.7. The predicted molar refractivity (Wildman–Crippen MR) is 432 cm³/mol. The molecule has 3 unspecified atom stereocenters. The first-order chi connectivity index (χ1) is 56.6. The number of unbranched alkanes of at least 4 members (excludes halogenated alkanes) is 1. The summed E-state index contributed by atoms with van der Waals surface area (Å²) in [5.41, 5.74) is -0.618. The maximum atomic E-state index is 14.1. The number of hydrogen-bond donors (Lipinski definition) is 7. The number of rotatable bonds is 22. The van der Waals surface area contributed by atoms with E-state index in [0.717, 1.165) is 125 Å². The number of aryl methyl sites for hydroxylation is 2. The Kier molecular flexibility index (Phi) is 23.2. The van der Waals surface area contributed by atoms with Crippen molar-refractivity contribution in [3.05, 3.63) is 175 Å². The molecule has 0 bridgehead atoms. The molecule has 4 aromatic carbocycles. The van der Waals surface area contributed by atoms with Crippen molar-refractivity contribution < 1.29 is 65.3 Å². The van der Waals surface area contributed by atoms with E-state index in [1.54, 1.807) is 76.7 Å². The van der Waals surface area contributed by atoms with Gasteiger partial charge < -0.3 is 26.2 Å². The molecule has 626 valence electrons. The number of nitrogens with zero attached hydrogens (tertiary/aromatic N) is 11. The number of halogens is 6. The van der Waals surface area contributed by atoms with Crippen molar-refractivity contribution in [3.63, 3.8) is 0 Å². The Balaban J connectivity index is 0.694. The van der Waals surface area contributed by atoms with Crippen LogP contribution in [0.15, 0.2) is 119 Å². The molecule has 2 aliphatic heterocycles. The molecule has 3 atom stereocenters. The molecule has 6 amide bonds. The van der Waals surface area contributed by atoms with Crippen LogP contribution in [0.5, 0.6) is 0 Å². The monoisotopic (exact) mass is 1640 g/mol. The second-order valence-corrected chi connectivity index (χ2v) is 33.9. The van der Waals surface area contributed by atoms with E-state index in [2.05, 4.69) is 59.4 Å². The van der Waals surface area contributed by atoms with Crippen LogP contribution in [0, 0.1) is 29.6 Å². The fourth-order valence-corrected chi connectivity index (χ4v) is 18.5. The summed E-state index contributed by atoms with van der Waals surface area (Å²) in [5.74, 6) is 3.93. The van der Waals surface area contributed by atoms with Gasteiger partial charge in [-0.2, -0.15) is 36.5 Å². The number of pyridine rings is 2. The van der Waals surface area contributed by atoms with Crippen LogP contribution >= 0.6 is 0 Å². The van der Waals surface area contributed by atoms with Gasteiger partial charge in [0.05, 0.1) is 56.4 Å². The number of benzene rings is 4. The number of amides is 6. The van der Waals surface area contributed by atoms with Crippen LogP contribution in [0.25, 0.3) is 43.9 Å². The van der Waals surface area contributed by atoms with E-state index in [1.807, 2.05) is 46.0 Å². The number of imide groups is 2. The molecule has 0 radical (unpaired) electrons. The Morgan fingerprint density at radius 3 is 1.61 bits per heavy atom. The van der Waals surface area contributed by atoms with E-state index >= 15 is 0 Å². The van der Waals surface area contributed by atoms with Crippen molar-refractivity contribution in [1.82, 2.24) is 68.6 Å². The van der Waals surface area contributed by atoms with Crippen molar-refractivity contribution in [3.8, 4) is 11.8 Å². The third-order valence-corrected chi connectivity index (χ3v) is 24.8. The Morgan fingerprint density at radius 2 is 1.08 bits per heavy atom. The number of hydrogen-bond acceptors (Lipinski definition) is 16. The molecule has 2 saturated heterocycles. The van der Waals surface area contributed by atoms with Gasteiger partial charge in [-0.25, -0.2) is 19.6 Å². The largest absolute Gasteiger partial charge is 0.433 e. The molecule has 3 saturated carbocycles. The van der Waals surface area contributed by atoms with Gasteiger partial charge in [0.1, 0.15) is 34.9 Å². The van der Waals surface area contributed by atoms with E-state index in [0.29, 0.717) is 80.9 Å². The Bertz CT molecular complexity index is 5800. The summed E-state index contributed by atoms with van der Waals surface area (Å²) in [7, 11) is 3.38. The summed E-state index contributed by atoms with van der Waals surface area (Å²) < 4.78 is 92.2. The number of carbonyl (C=O) groups is 6. The molecule has 0 spiro atoms. The summed E-state index contributed by atoms with van der Waals surface area (Å²) >= 11 is 0. The smallest absolute Gasteiger partial charge is 0.386 e. The zero-order valence-electron chi connectivity index (χ0n) is 67.0. The highest BCUT2D eigenvalue weighted by Gasteiger charge is 2.40. The van der Waals surface area contributed by atoms with E-state index in [1.165, 1.54) is 25.8 Å². The number of alkyl halides is 6. The first kappa shape index (κ1) is 82.9. The van der Waals surface area contributed by atoms with Crippen molar-refractivity contribution in [2.45, 2.75) is 209 Å².